The fourth-order valence-corrected chi connectivity index (χ4v) is 3.65. The first kappa shape index (κ1) is 19.3. The molecule has 0 radical (unpaired) electrons. The molecular formula is C18H17F4N5O2. The minimum Gasteiger partial charge on any atom is -0.408 e. The summed E-state index contributed by atoms with van der Waals surface area (Å²) in [6.07, 6.45) is 1.39. The van der Waals surface area contributed by atoms with Gasteiger partial charge in [0.25, 0.3) is 11.8 Å². The molecule has 4 rings (SSSR count). The van der Waals surface area contributed by atoms with E-state index in [-0.39, 0.29) is 36.9 Å². The Kier molecular flexibility index (Phi) is 4.75. The monoisotopic (exact) mass is 411 g/mol. The van der Waals surface area contributed by atoms with Crippen molar-refractivity contribution in [2.45, 2.75) is 31.7 Å². The lowest BCUT2D eigenvalue weighted by Gasteiger charge is -2.38. The second kappa shape index (κ2) is 7.12. The molecule has 2 aliphatic heterocycles. The number of rotatable bonds is 3. The van der Waals surface area contributed by atoms with E-state index in [9.17, 15) is 22.4 Å². The van der Waals surface area contributed by atoms with Crippen LogP contribution in [0.2, 0.25) is 0 Å². The molecule has 11 heteroatoms. The molecule has 29 heavy (non-hydrogen) atoms. The van der Waals surface area contributed by atoms with Crippen molar-refractivity contribution in [1.82, 2.24) is 15.2 Å². The van der Waals surface area contributed by atoms with Crippen LogP contribution in [0.25, 0.3) is 0 Å². The fraction of sp³-hybridized carbons (Fsp3) is 0.444. The molecule has 0 saturated carbocycles. The normalized spacial score (nSPS) is 23.6. The van der Waals surface area contributed by atoms with Crippen molar-refractivity contribution in [3.63, 3.8) is 0 Å². The Balaban J connectivity index is 1.53. The van der Waals surface area contributed by atoms with Gasteiger partial charge in [-0.25, -0.2) is 22.6 Å². The molecular weight excluding hydrogens is 394 g/mol. The molecule has 154 valence electrons. The molecule has 7 nitrogen and oxygen atoms in total. The van der Waals surface area contributed by atoms with Gasteiger partial charge in [0.05, 0.1) is 12.6 Å². The lowest BCUT2D eigenvalue weighted by atomic mass is 9.91. The first-order valence-corrected chi connectivity index (χ1v) is 8.99. The van der Waals surface area contributed by atoms with Crippen LogP contribution in [-0.4, -0.2) is 46.3 Å². The molecule has 1 aromatic carbocycles. The van der Waals surface area contributed by atoms with Crippen LogP contribution in [0, 0.1) is 24.5 Å². The summed E-state index contributed by atoms with van der Waals surface area (Å²) in [6.45, 7) is 0.901. The second-order valence-corrected chi connectivity index (χ2v) is 7.06. The summed E-state index contributed by atoms with van der Waals surface area (Å²) in [7, 11) is 0. The molecule has 1 saturated heterocycles. The van der Waals surface area contributed by atoms with Crippen LogP contribution >= 0.6 is 0 Å². The van der Waals surface area contributed by atoms with Crippen LogP contribution in [0.15, 0.2) is 27.7 Å². The number of halogens is 4. The number of carbonyl (C=O) groups is 1. The van der Waals surface area contributed by atoms with Gasteiger partial charge in [-0.05, 0) is 24.1 Å². The average Bonchev–Trinajstić information content (AvgIpc) is 3.28. The van der Waals surface area contributed by atoms with Crippen LogP contribution in [-0.2, 0) is 4.79 Å². The minimum atomic E-state index is -3.38. The summed E-state index contributed by atoms with van der Waals surface area (Å²) in [5.41, 5.74) is 0.162. The van der Waals surface area contributed by atoms with E-state index in [2.05, 4.69) is 15.3 Å². The molecule has 2 atom stereocenters. The highest BCUT2D eigenvalue weighted by molar-refractivity contribution is 5.83. The van der Waals surface area contributed by atoms with E-state index in [0.717, 1.165) is 17.1 Å². The number of benzene rings is 1. The summed E-state index contributed by atoms with van der Waals surface area (Å²) >= 11 is 0. The highest BCUT2D eigenvalue weighted by Gasteiger charge is 2.52. The number of nitrogens with zero attached hydrogens (tertiary/aromatic N) is 5. The molecule has 2 aromatic rings. The van der Waals surface area contributed by atoms with Crippen LogP contribution in [0.1, 0.15) is 30.3 Å². The van der Waals surface area contributed by atoms with Crippen molar-refractivity contribution in [2.24, 2.45) is 11.0 Å². The third-order valence-corrected chi connectivity index (χ3v) is 5.01. The number of aromatic nitrogens is 2. The number of hydrogen-bond donors (Lipinski definition) is 0. The van der Waals surface area contributed by atoms with Gasteiger partial charge in [0.1, 0.15) is 17.6 Å². The van der Waals surface area contributed by atoms with Crippen molar-refractivity contribution in [2.75, 3.05) is 18.0 Å². The van der Waals surface area contributed by atoms with Gasteiger partial charge in [-0.3, -0.25) is 4.79 Å². The van der Waals surface area contributed by atoms with Gasteiger partial charge >= 0.3 is 6.01 Å². The maximum Gasteiger partial charge on any atom is 0.318 e. The molecule has 1 fully saturated rings. The number of anilines is 1. The van der Waals surface area contributed by atoms with Gasteiger partial charge in [0.2, 0.25) is 5.89 Å². The zero-order valence-corrected chi connectivity index (χ0v) is 15.4. The molecule has 0 bridgehead atoms. The SMILES string of the molecule is Cc1nnc(N2CC[C@H](C(=O)N3N=CC[C@@H]3c3cc(F)cc(F)c3)C(F)(F)C2)o1. The zero-order valence-electron chi connectivity index (χ0n) is 15.4. The number of hydrazone groups is 1. The van der Waals surface area contributed by atoms with E-state index in [0.29, 0.717) is 6.07 Å². The van der Waals surface area contributed by atoms with E-state index in [4.69, 9.17) is 4.42 Å². The van der Waals surface area contributed by atoms with E-state index >= 15 is 0 Å². The first-order valence-electron chi connectivity index (χ1n) is 8.99. The van der Waals surface area contributed by atoms with Gasteiger partial charge in [-0.15, -0.1) is 5.10 Å². The van der Waals surface area contributed by atoms with Gasteiger partial charge in [0, 0.05) is 32.2 Å². The summed E-state index contributed by atoms with van der Waals surface area (Å²) < 4.78 is 62.0. The van der Waals surface area contributed by atoms with Gasteiger partial charge in [-0.2, -0.15) is 5.10 Å². The number of hydrogen-bond acceptors (Lipinski definition) is 6. The van der Waals surface area contributed by atoms with Crippen LogP contribution in [0.5, 0.6) is 0 Å². The predicted octanol–water partition coefficient (Wildman–Crippen LogP) is 3.08. The minimum absolute atomic E-state index is 0.0274. The quantitative estimate of drug-likeness (QED) is 0.726. The van der Waals surface area contributed by atoms with Crippen molar-refractivity contribution in [3.8, 4) is 0 Å². The molecule has 0 aliphatic carbocycles. The molecule has 0 N–H and O–H groups in total. The van der Waals surface area contributed by atoms with Crippen molar-refractivity contribution in [3.05, 3.63) is 41.3 Å². The summed E-state index contributed by atoms with van der Waals surface area (Å²) in [4.78, 5) is 14.1. The van der Waals surface area contributed by atoms with E-state index in [1.165, 1.54) is 11.1 Å². The smallest absolute Gasteiger partial charge is 0.318 e. The highest BCUT2D eigenvalue weighted by Crippen LogP contribution is 2.39. The predicted molar refractivity (Wildman–Crippen MR) is 93.4 cm³/mol. The molecule has 0 unspecified atom stereocenters. The Labute approximate surface area is 163 Å². The van der Waals surface area contributed by atoms with E-state index in [1.807, 2.05) is 0 Å². The fourth-order valence-electron chi connectivity index (χ4n) is 3.65. The Bertz CT molecular complexity index is 943. The topological polar surface area (TPSA) is 74.8 Å². The molecule has 1 amide bonds. The molecule has 1 aromatic heterocycles. The van der Waals surface area contributed by atoms with Crippen LogP contribution in [0.3, 0.4) is 0 Å². The molecule has 3 heterocycles. The van der Waals surface area contributed by atoms with E-state index in [1.54, 1.807) is 6.92 Å². The number of piperidine rings is 1. The van der Waals surface area contributed by atoms with Crippen molar-refractivity contribution in [1.29, 1.82) is 0 Å². The Hall–Kier alpha value is -2.98. The lowest BCUT2D eigenvalue weighted by molar-refractivity contribution is -0.154. The molecule has 0 spiro atoms. The van der Waals surface area contributed by atoms with Crippen molar-refractivity contribution >= 4 is 18.1 Å². The van der Waals surface area contributed by atoms with Crippen LogP contribution < -0.4 is 4.90 Å². The summed E-state index contributed by atoms with van der Waals surface area (Å²) in [5.74, 6) is -7.27. The second-order valence-electron chi connectivity index (χ2n) is 7.06. The standard InChI is InChI=1S/C18H17F4N5O2/c1-10-24-25-17(29-10)26-5-3-14(18(21,22)9-26)16(28)27-15(2-4-23-27)11-6-12(19)8-13(20)7-11/h4,6-8,14-15H,2-3,5,9H2,1H3/t14-,15-/m1/s1. The average molecular weight is 411 g/mol. The van der Waals surface area contributed by atoms with Gasteiger partial charge < -0.3 is 9.32 Å². The first-order chi connectivity index (χ1) is 13.7. The highest BCUT2D eigenvalue weighted by atomic mass is 19.3. The maximum atomic E-state index is 14.8. The third-order valence-electron chi connectivity index (χ3n) is 5.01. The largest absolute Gasteiger partial charge is 0.408 e. The summed E-state index contributed by atoms with van der Waals surface area (Å²) in [6, 6.07) is 1.98. The van der Waals surface area contributed by atoms with E-state index < -0.39 is 42.0 Å². The van der Waals surface area contributed by atoms with Gasteiger partial charge in [0.15, 0.2) is 0 Å². The Morgan fingerprint density at radius 2 is 1.93 bits per heavy atom. The number of amides is 1. The third kappa shape index (κ3) is 3.68. The zero-order chi connectivity index (χ0) is 20.8. The maximum absolute atomic E-state index is 14.8. The molecule has 2 aliphatic rings. The number of carbonyl (C=O) groups excluding carboxylic acids is 1. The van der Waals surface area contributed by atoms with Crippen molar-refractivity contribution < 1.29 is 26.8 Å². The summed E-state index contributed by atoms with van der Waals surface area (Å²) in [5, 5.41) is 12.2. The number of alkyl halides is 2. The Morgan fingerprint density at radius 1 is 1.21 bits per heavy atom. The van der Waals surface area contributed by atoms with Crippen LogP contribution in [0.4, 0.5) is 23.6 Å². The number of aryl methyl sites for hydroxylation is 1. The Morgan fingerprint density at radius 3 is 2.55 bits per heavy atom. The van der Waals surface area contributed by atoms with Gasteiger partial charge in [-0.1, -0.05) is 5.10 Å². The lowest BCUT2D eigenvalue weighted by Crippen LogP contribution is -2.54.